The van der Waals surface area contributed by atoms with Gasteiger partial charge in [0, 0.05) is 48.3 Å². The van der Waals surface area contributed by atoms with Crippen LogP contribution in [-0.4, -0.2) is 62.4 Å². The van der Waals surface area contributed by atoms with Gasteiger partial charge in [-0.05, 0) is 96.6 Å². The number of nitrogens with zero attached hydrogens (tertiary/aromatic N) is 3. The number of carboxylic acids is 1. The molecule has 0 bridgehead atoms. The Bertz CT molecular complexity index is 2170. The predicted molar refractivity (Wildman–Crippen MR) is 213 cm³/mol. The number of rotatable bonds is 10. The summed E-state index contributed by atoms with van der Waals surface area (Å²) >= 11 is 17.2. The Morgan fingerprint density at radius 3 is 1.23 bits per heavy atom. The summed E-state index contributed by atoms with van der Waals surface area (Å²) in [4.78, 5) is 44.4. The van der Waals surface area contributed by atoms with Crippen molar-refractivity contribution in [3.8, 4) is 17.2 Å². The minimum absolute atomic E-state index is 0.00639. The van der Waals surface area contributed by atoms with Crippen LogP contribution in [0.25, 0.3) is 0 Å². The second kappa shape index (κ2) is 24.3. The van der Waals surface area contributed by atoms with Gasteiger partial charge in [-0.25, -0.2) is 14.4 Å². The first-order valence-corrected chi connectivity index (χ1v) is 17.6. The molecular formula is C41H36Cl3N3O10. The quantitative estimate of drug-likeness (QED) is 0.112. The lowest BCUT2D eigenvalue weighted by molar-refractivity contribution is 0.0591. The van der Waals surface area contributed by atoms with E-state index in [9.17, 15) is 14.4 Å². The van der Waals surface area contributed by atoms with Crippen molar-refractivity contribution in [2.75, 3.05) is 14.2 Å². The second-order valence-corrected chi connectivity index (χ2v) is 12.5. The Kier molecular flexibility index (Phi) is 19.2. The monoisotopic (exact) mass is 835 g/mol. The highest BCUT2D eigenvalue weighted by molar-refractivity contribution is 6.31. The molecule has 0 fully saturated rings. The fourth-order valence-electron chi connectivity index (χ4n) is 4.16. The summed E-state index contributed by atoms with van der Waals surface area (Å²) in [5, 5.41) is 27.9. The average Bonchev–Trinajstić information content (AvgIpc) is 3.23. The summed E-state index contributed by atoms with van der Waals surface area (Å²) in [5.74, 6) is -0.332. The molecule has 3 heterocycles. The SMILES string of the molecule is COC(=O)c1ccc(O)cc1.COC(=O)c1ccc(OCc2cncc(Cl)c2)cc1.O=C(O)c1ccc(OCc2cncc(Cl)c2)cc1.OCc1cncc(Cl)c1. The van der Waals surface area contributed by atoms with Crippen LogP contribution >= 0.6 is 34.8 Å². The highest BCUT2D eigenvalue weighted by Gasteiger charge is 2.06. The van der Waals surface area contributed by atoms with Crippen LogP contribution in [0, 0.1) is 0 Å². The Hall–Kier alpha value is -6.25. The van der Waals surface area contributed by atoms with Gasteiger partial charge >= 0.3 is 17.9 Å². The van der Waals surface area contributed by atoms with E-state index in [4.69, 9.17) is 59.6 Å². The van der Waals surface area contributed by atoms with Gasteiger partial charge < -0.3 is 34.3 Å². The number of hydrogen-bond donors (Lipinski definition) is 3. The number of phenolic OH excluding ortho intramolecular Hbond substituents is 1. The predicted octanol–water partition coefficient (Wildman–Crippen LogP) is 8.52. The smallest absolute Gasteiger partial charge is 0.337 e. The highest BCUT2D eigenvalue weighted by atomic mass is 35.5. The minimum atomic E-state index is -0.958. The van der Waals surface area contributed by atoms with E-state index in [1.54, 1.807) is 85.6 Å². The molecule has 0 aliphatic carbocycles. The van der Waals surface area contributed by atoms with E-state index < -0.39 is 11.9 Å². The number of pyridine rings is 3. The van der Waals surface area contributed by atoms with Gasteiger partial charge in [-0.15, -0.1) is 0 Å². The molecule has 13 nitrogen and oxygen atoms in total. The Morgan fingerprint density at radius 2 is 0.895 bits per heavy atom. The van der Waals surface area contributed by atoms with Crippen LogP contribution in [0.15, 0.2) is 128 Å². The van der Waals surface area contributed by atoms with E-state index >= 15 is 0 Å². The number of phenols is 1. The first-order valence-electron chi connectivity index (χ1n) is 16.4. The molecular weight excluding hydrogens is 801 g/mol. The van der Waals surface area contributed by atoms with Crippen LogP contribution in [-0.2, 0) is 29.3 Å². The van der Waals surface area contributed by atoms with Crippen molar-refractivity contribution >= 4 is 52.7 Å². The van der Waals surface area contributed by atoms with Gasteiger partial charge in [-0.2, -0.15) is 0 Å². The van der Waals surface area contributed by atoms with E-state index in [2.05, 4.69) is 24.4 Å². The van der Waals surface area contributed by atoms with Gasteiger partial charge in [0.05, 0.1) is 52.6 Å². The van der Waals surface area contributed by atoms with E-state index in [1.165, 1.54) is 56.8 Å². The summed E-state index contributed by atoms with van der Waals surface area (Å²) in [6.07, 6.45) is 9.57. The van der Waals surface area contributed by atoms with E-state index in [0.29, 0.717) is 50.9 Å². The molecule has 0 spiro atoms. The first kappa shape index (κ1) is 45.1. The number of aliphatic hydroxyl groups is 1. The minimum Gasteiger partial charge on any atom is -0.508 e. The summed E-state index contributed by atoms with van der Waals surface area (Å²) < 4.78 is 20.1. The fourth-order valence-corrected chi connectivity index (χ4v) is 4.75. The lowest BCUT2D eigenvalue weighted by Gasteiger charge is -2.06. The second-order valence-electron chi connectivity index (χ2n) is 11.2. The molecule has 0 radical (unpaired) electrons. The molecule has 0 amide bonds. The van der Waals surface area contributed by atoms with Crippen molar-refractivity contribution in [2.24, 2.45) is 0 Å². The number of benzene rings is 3. The van der Waals surface area contributed by atoms with Gasteiger partial charge in [-0.1, -0.05) is 34.8 Å². The van der Waals surface area contributed by atoms with Crippen LogP contribution in [0.3, 0.4) is 0 Å². The summed E-state index contributed by atoms with van der Waals surface area (Å²) in [6, 6.07) is 24.0. The van der Waals surface area contributed by atoms with Crippen LogP contribution in [0.5, 0.6) is 17.2 Å². The van der Waals surface area contributed by atoms with Crippen LogP contribution in [0.1, 0.15) is 47.8 Å². The Morgan fingerprint density at radius 1 is 0.544 bits per heavy atom. The van der Waals surface area contributed by atoms with Crippen LogP contribution in [0.4, 0.5) is 0 Å². The maximum atomic E-state index is 11.3. The van der Waals surface area contributed by atoms with Gasteiger partial charge in [0.25, 0.3) is 0 Å². The third-order valence-corrected chi connectivity index (χ3v) is 7.56. The van der Waals surface area contributed by atoms with E-state index in [1.807, 2.05) is 0 Å². The molecule has 6 aromatic rings. The number of ether oxygens (including phenoxy) is 4. The third-order valence-electron chi connectivity index (χ3n) is 6.94. The first-order chi connectivity index (χ1) is 27.4. The van der Waals surface area contributed by atoms with Crippen molar-refractivity contribution in [3.05, 3.63) is 177 Å². The number of carboxylic acid groups (broad SMARTS) is 1. The standard InChI is InChI=1S/C14H12ClNO3.C13H10ClNO3.C8H8O3.C6H6ClNO/c1-18-14(17)11-2-4-13(5-3-11)19-9-10-6-12(15)8-16-7-10;14-11-5-9(6-15-7-11)8-18-12-3-1-10(2-4-12)13(16)17;1-11-8(10)6-2-4-7(9)5-3-6;7-6-1-5(4-9)2-8-3-6/h2-8H,9H2,1H3;1-7H,8H2,(H,16,17);2-5,9H,1H3;1-3,9H,4H2. The average molecular weight is 837 g/mol. The third kappa shape index (κ3) is 17.0. The van der Waals surface area contributed by atoms with Crippen molar-refractivity contribution < 1.29 is 48.7 Å². The van der Waals surface area contributed by atoms with Crippen LogP contribution in [0.2, 0.25) is 15.1 Å². The molecule has 6 rings (SSSR count). The molecule has 0 unspecified atom stereocenters. The van der Waals surface area contributed by atoms with Crippen LogP contribution < -0.4 is 9.47 Å². The number of carbonyl (C=O) groups is 3. The molecule has 3 aromatic heterocycles. The van der Waals surface area contributed by atoms with E-state index in [0.717, 1.165) is 16.7 Å². The topological polar surface area (TPSA) is 187 Å². The largest absolute Gasteiger partial charge is 0.508 e. The number of aromatic nitrogens is 3. The summed E-state index contributed by atoms with van der Waals surface area (Å²) in [6.45, 7) is 0.693. The van der Waals surface area contributed by atoms with Gasteiger partial charge in [0.1, 0.15) is 30.5 Å². The van der Waals surface area contributed by atoms with Crippen molar-refractivity contribution in [1.82, 2.24) is 15.0 Å². The molecule has 0 aliphatic heterocycles. The molecule has 3 aromatic carbocycles. The molecule has 57 heavy (non-hydrogen) atoms. The number of esters is 2. The van der Waals surface area contributed by atoms with Crippen molar-refractivity contribution in [2.45, 2.75) is 19.8 Å². The number of carbonyl (C=O) groups excluding carboxylic acids is 2. The Balaban J connectivity index is 0.000000212. The zero-order valence-electron chi connectivity index (χ0n) is 30.4. The molecule has 16 heteroatoms. The highest BCUT2D eigenvalue weighted by Crippen LogP contribution is 2.17. The number of hydrogen-bond acceptors (Lipinski definition) is 12. The van der Waals surface area contributed by atoms with Crippen molar-refractivity contribution in [1.29, 1.82) is 0 Å². The maximum absolute atomic E-state index is 11.3. The zero-order valence-corrected chi connectivity index (χ0v) is 32.7. The maximum Gasteiger partial charge on any atom is 0.337 e. The normalized spacial score (nSPS) is 9.79. The molecule has 0 atom stereocenters. The molecule has 0 saturated carbocycles. The lowest BCUT2D eigenvalue weighted by atomic mass is 10.2. The number of methoxy groups -OCH3 is 2. The summed E-state index contributed by atoms with van der Waals surface area (Å²) in [7, 11) is 2.66. The molecule has 0 saturated heterocycles. The number of aliphatic hydroxyl groups excluding tert-OH is 1. The zero-order chi connectivity index (χ0) is 41.6. The Labute approximate surface area is 343 Å². The van der Waals surface area contributed by atoms with E-state index in [-0.39, 0.29) is 23.9 Å². The van der Waals surface area contributed by atoms with Gasteiger partial charge in [0.15, 0.2) is 0 Å². The fraction of sp³-hybridized carbons (Fsp3) is 0.122. The van der Waals surface area contributed by atoms with Crippen molar-refractivity contribution in [3.63, 3.8) is 0 Å². The molecule has 0 aliphatic rings. The van der Waals surface area contributed by atoms with Gasteiger partial charge in [-0.3, -0.25) is 15.0 Å². The number of aromatic hydroxyl groups is 1. The lowest BCUT2D eigenvalue weighted by Crippen LogP contribution is -2.01. The van der Waals surface area contributed by atoms with Gasteiger partial charge in [0.2, 0.25) is 0 Å². The number of aromatic carboxylic acids is 1. The molecule has 296 valence electrons. The number of halogens is 3. The summed E-state index contributed by atoms with van der Waals surface area (Å²) in [5.41, 5.74) is 3.62. The molecule has 3 N–H and O–H groups in total.